The Balaban J connectivity index is 2.26. The van der Waals surface area contributed by atoms with E-state index >= 15 is 0 Å². The first kappa shape index (κ1) is 14.8. The van der Waals surface area contributed by atoms with Crippen molar-refractivity contribution in [3.8, 4) is 5.88 Å². The summed E-state index contributed by atoms with van der Waals surface area (Å²) in [4.78, 5) is 12.6. The second-order valence-electron chi connectivity index (χ2n) is 3.79. The molecule has 106 valence electrons. The van der Waals surface area contributed by atoms with Gasteiger partial charge in [-0.1, -0.05) is 6.07 Å². The highest BCUT2D eigenvalue weighted by atomic mass is 32.2. The number of thiol groups is 1. The molecule has 6 nitrogen and oxygen atoms in total. The van der Waals surface area contributed by atoms with Crippen LogP contribution in [0, 0.1) is 0 Å². The number of benzene rings is 1. The third-order valence-electron chi connectivity index (χ3n) is 2.61. The van der Waals surface area contributed by atoms with E-state index in [1.807, 2.05) is 12.3 Å². The van der Waals surface area contributed by atoms with Gasteiger partial charge in [0.15, 0.2) is 0 Å². The minimum absolute atomic E-state index is 0.171. The van der Waals surface area contributed by atoms with Gasteiger partial charge >= 0.3 is 0 Å². The number of amides is 1. The monoisotopic (exact) mass is 311 g/mol. The van der Waals surface area contributed by atoms with Crippen molar-refractivity contribution < 1.29 is 14.7 Å². The predicted octanol–water partition coefficient (Wildman–Crippen LogP) is 2.00. The summed E-state index contributed by atoms with van der Waals surface area (Å²) in [5.74, 6) is -0.162. The number of carbonyl (C=O) groups excluding carboxylic acids is 1. The molecule has 2 rings (SSSR count). The predicted molar refractivity (Wildman–Crippen MR) is 78.4 cm³/mol. The van der Waals surface area contributed by atoms with Crippen LogP contribution in [0.25, 0.3) is 0 Å². The molecule has 1 amide bonds. The minimum Gasteiger partial charge on any atom is -0.472 e. The van der Waals surface area contributed by atoms with E-state index in [4.69, 9.17) is 9.94 Å². The van der Waals surface area contributed by atoms with Crippen molar-refractivity contribution in [1.82, 2.24) is 14.7 Å². The molecule has 0 unspecified atom stereocenters. The molecular formula is C12H13N3O3S2. The summed E-state index contributed by atoms with van der Waals surface area (Å²) < 4.78 is 6.87. The SMILES string of the molecule is CSc1cccc(C(=O)NO)c1COc1ccn(S)n1. The Morgan fingerprint density at radius 2 is 2.35 bits per heavy atom. The molecule has 0 atom stereocenters. The summed E-state index contributed by atoms with van der Waals surface area (Å²) in [5.41, 5.74) is 2.70. The van der Waals surface area contributed by atoms with Crippen LogP contribution < -0.4 is 10.2 Å². The molecule has 0 saturated carbocycles. The summed E-state index contributed by atoms with van der Waals surface area (Å²) in [7, 11) is 0. The summed E-state index contributed by atoms with van der Waals surface area (Å²) in [6.45, 7) is 0.171. The van der Waals surface area contributed by atoms with E-state index in [9.17, 15) is 4.79 Å². The van der Waals surface area contributed by atoms with Crippen molar-refractivity contribution in [2.45, 2.75) is 11.5 Å². The lowest BCUT2D eigenvalue weighted by Gasteiger charge is -2.12. The van der Waals surface area contributed by atoms with Crippen LogP contribution in [0.15, 0.2) is 35.4 Å². The van der Waals surface area contributed by atoms with E-state index in [0.29, 0.717) is 17.0 Å². The van der Waals surface area contributed by atoms with Gasteiger partial charge in [0.1, 0.15) is 6.61 Å². The minimum atomic E-state index is -0.570. The fourth-order valence-electron chi connectivity index (χ4n) is 1.70. The summed E-state index contributed by atoms with van der Waals surface area (Å²) in [5, 5.41) is 12.8. The number of thioether (sulfide) groups is 1. The second-order valence-corrected chi connectivity index (χ2v) is 5.05. The number of aromatic nitrogens is 2. The molecule has 0 fully saturated rings. The molecular weight excluding hydrogens is 298 g/mol. The highest BCUT2D eigenvalue weighted by molar-refractivity contribution is 7.98. The van der Waals surface area contributed by atoms with Gasteiger partial charge in [0.05, 0.1) is 0 Å². The lowest BCUT2D eigenvalue weighted by molar-refractivity contribution is 0.0703. The van der Waals surface area contributed by atoms with Gasteiger partial charge < -0.3 is 4.74 Å². The molecule has 20 heavy (non-hydrogen) atoms. The first-order valence-electron chi connectivity index (χ1n) is 5.63. The Morgan fingerprint density at radius 1 is 1.55 bits per heavy atom. The molecule has 1 aromatic heterocycles. The van der Waals surface area contributed by atoms with E-state index in [1.54, 1.807) is 29.9 Å². The first-order valence-corrected chi connectivity index (χ1v) is 7.26. The number of ether oxygens (including phenoxy) is 1. The van der Waals surface area contributed by atoms with Crippen LogP contribution in [0.4, 0.5) is 0 Å². The van der Waals surface area contributed by atoms with Crippen molar-refractivity contribution in [3.05, 3.63) is 41.6 Å². The summed E-state index contributed by atoms with van der Waals surface area (Å²) >= 11 is 5.51. The van der Waals surface area contributed by atoms with Crippen molar-refractivity contribution in [2.75, 3.05) is 6.26 Å². The molecule has 0 saturated heterocycles. The van der Waals surface area contributed by atoms with Crippen LogP contribution in [0.5, 0.6) is 5.88 Å². The van der Waals surface area contributed by atoms with Crippen LogP contribution in [-0.4, -0.2) is 26.6 Å². The fourth-order valence-corrected chi connectivity index (χ4v) is 2.48. The van der Waals surface area contributed by atoms with Crippen LogP contribution in [0.3, 0.4) is 0 Å². The Hall–Kier alpha value is -1.64. The smallest absolute Gasteiger partial charge is 0.275 e. The van der Waals surface area contributed by atoms with E-state index in [0.717, 1.165) is 4.90 Å². The molecule has 1 heterocycles. The Morgan fingerprint density at radius 3 is 2.95 bits per heavy atom. The number of carbonyl (C=O) groups is 1. The van der Waals surface area contributed by atoms with Gasteiger partial charge in [0, 0.05) is 28.3 Å². The maximum Gasteiger partial charge on any atom is 0.275 e. The van der Waals surface area contributed by atoms with Crippen LogP contribution in [0.2, 0.25) is 0 Å². The first-order chi connectivity index (χ1) is 9.65. The average molecular weight is 311 g/mol. The van der Waals surface area contributed by atoms with E-state index < -0.39 is 5.91 Å². The standard InChI is InChI=1S/C12H13N3O3S2/c1-20-10-4-2-3-8(12(16)14-17)9(10)7-18-11-5-6-15(19)13-11/h2-6,17,19H,7H2,1H3,(H,14,16). The van der Waals surface area contributed by atoms with E-state index in [1.165, 1.54) is 15.8 Å². The zero-order valence-corrected chi connectivity index (χ0v) is 12.3. The zero-order chi connectivity index (χ0) is 14.5. The molecule has 8 heteroatoms. The molecule has 0 aliphatic heterocycles. The maximum absolute atomic E-state index is 11.7. The maximum atomic E-state index is 11.7. The molecule has 0 aliphatic rings. The van der Waals surface area contributed by atoms with Crippen LogP contribution in [0.1, 0.15) is 15.9 Å². The number of hydrogen-bond acceptors (Lipinski definition) is 6. The Bertz CT molecular complexity index is 616. The van der Waals surface area contributed by atoms with Crippen molar-refractivity contribution in [3.63, 3.8) is 0 Å². The number of nitrogens with one attached hydrogen (secondary N) is 1. The van der Waals surface area contributed by atoms with Gasteiger partial charge in [-0.2, -0.15) is 0 Å². The molecule has 0 aliphatic carbocycles. The molecule has 0 spiro atoms. The van der Waals surface area contributed by atoms with Crippen LogP contribution >= 0.6 is 24.6 Å². The molecule has 1 aromatic carbocycles. The number of nitrogens with zero attached hydrogens (tertiary/aromatic N) is 2. The van der Waals surface area contributed by atoms with Crippen LogP contribution in [-0.2, 0) is 6.61 Å². The molecule has 2 aromatic rings. The van der Waals surface area contributed by atoms with Gasteiger partial charge in [-0.05, 0) is 31.2 Å². The fraction of sp³-hybridized carbons (Fsp3) is 0.167. The quantitative estimate of drug-likeness (QED) is 0.341. The average Bonchev–Trinajstić information content (AvgIpc) is 2.89. The third kappa shape index (κ3) is 3.27. The number of hydrogen-bond donors (Lipinski definition) is 3. The van der Waals surface area contributed by atoms with Gasteiger partial charge in [-0.15, -0.1) is 16.9 Å². The van der Waals surface area contributed by atoms with Crippen molar-refractivity contribution >= 4 is 30.5 Å². The Labute approximate surface area is 125 Å². The van der Waals surface area contributed by atoms with Gasteiger partial charge in [-0.3, -0.25) is 10.0 Å². The molecule has 0 radical (unpaired) electrons. The lowest BCUT2D eigenvalue weighted by Crippen LogP contribution is -2.21. The molecule has 0 bridgehead atoms. The molecule has 2 N–H and O–H groups in total. The lowest BCUT2D eigenvalue weighted by atomic mass is 10.1. The number of hydroxylamine groups is 1. The van der Waals surface area contributed by atoms with Crippen molar-refractivity contribution in [1.29, 1.82) is 0 Å². The number of rotatable bonds is 5. The largest absolute Gasteiger partial charge is 0.472 e. The summed E-state index contributed by atoms with van der Waals surface area (Å²) in [6, 6.07) is 6.93. The topological polar surface area (TPSA) is 76.4 Å². The summed E-state index contributed by atoms with van der Waals surface area (Å²) in [6.07, 6.45) is 3.54. The highest BCUT2D eigenvalue weighted by Gasteiger charge is 2.15. The van der Waals surface area contributed by atoms with E-state index in [-0.39, 0.29) is 6.61 Å². The van der Waals surface area contributed by atoms with E-state index in [2.05, 4.69) is 17.9 Å². The second kappa shape index (κ2) is 6.69. The zero-order valence-electron chi connectivity index (χ0n) is 10.6. The van der Waals surface area contributed by atoms with Gasteiger partial charge in [0.2, 0.25) is 5.88 Å². The normalized spacial score (nSPS) is 10.3. The van der Waals surface area contributed by atoms with Gasteiger partial charge in [0.25, 0.3) is 5.91 Å². The van der Waals surface area contributed by atoms with Gasteiger partial charge in [-0.25, -0.2) is 9.57 Å². The Kier molecular flexibility index (Phi) is 4.94. The van der Waals surface area contributed by atoms with Crippen molar-refractivity contribution in [2.24, 2.45) is 0 Å². The third-order valence-corrected chi connectivity index (χ3v) is 3.66. The highest BCUT2D eigenvalue weighted by Crippen LogP contribution is 2.25.